The lowest BCUT2D eigenvalue weighted by Gasteiger charge is -2.50. The average Bonchev–Trinajstić information content (AvgIpc) is 3.68. The zero-order valence-electron chi connectivity index (χ0n) is 24.3. The van der Waals surface area contributed by atoms with Crippen molar-refractivity contribution in [1.82, 2.24) is 14.0 Å². The van der Waals surface area contributed by atoms with Crippen LogP contribution < -0.4 is 0 Å². The molecule has 0 spiro atoms. The molecule has 3 aliphatic rings. The number of methoxy groups -OCH3 is 1. The molecule has 7 heteroatoms. The van der Waals surface area contributed by atoms with Crippen molar-refractivity contribution >= 4 is 55.3 Å². The summed E-state index contributed by atoms with van der Waals surface area (Å²) in [6.07, 6.45) is 0.911. The molecule has 0 radical (unpaired) electrons. The van der Waals surface area contributed by atoms with Crippen molar-refractivity contribution in [3.05, 3.63) is 95.6 Å². The highest BCUT2D eigenvalue weighted by molar-refractivity contribution is 6.31. The van der Waals surface area contributed by atoms with Gasteiger partial charge in [0.2, 0.25) is 0 Å². The van der Waals surface area contributed by atoms with E-state index in [1.807, 2.05) is 54.4 Å². The normalized spacial score (nSPS) is 24.3. The molecule has 7 nitrogen and oxygen atoms in total. The Hall–Kier alpha value is -4.46. The standard InChI is InChI=1S/C36H31N3O4/c1-36-34(42-3)26(37(2)35(41)20-11-5-4-6-12-20)19-28(43-36)38-24-15-9-7-13-21(24)31-30-23(17-18-27(30)40)29-22-14-8-10-16-25(22)39(36)33(29)32(31)38/h4-16,26,28,34H,17-19H2,1-3H3/t26-,28?,34-,36+/m1/s1. The summed E-state index contributed by atoms with van der Waals surface area (Å²) in [5.74, 6) is 0.152. The van der Waals surface area contributed by atoms with Crippen molar-refractivity contribution in [2.45, 2.75) is 50.3 Å². The van der Waals surface area contributed by atoms with Crippen molar-refractivity contribution in [3.63, 3.8) is 0 Å². The summed E-state index contributed by atoms with van der Waals surface area (Å²) in [6, 6.07) is 25.9. The smallest absolute Gasteiger partial charge is 0.253 e. The number of nitrogens with zero attached hydrogens (tertiary/aromatic N) is 3. The van der Waals surface area contributed by atoms with E-state index in [-0.39, 0.29) is 17.7 Å². The van der Waals surface area contributed by atoms with Crippen LogP contribution >= 0.6 is 0 Å². The Morgan fingerprint density at radius 2 is 1.58 bits per heavy atom. The number of Topliss-reactive ketones (excluding diaryl/α,β-unsaturated/α-hetero) is 1. The van der Waals surface area contributed by atoms with Crippen LogP contribution in [0.4, 0.5) is 0 Å². The predicted molar refractivity (Wildman–Crippen MR) is 167 cm³/mol. The Labute approximate surface area is 248 Å². The lowest BCUT2D eigenvalue weighted by Crippen LogP contribution is -2.61. The van der Waals surface area contributed by atoms with Crippen molar-refractivity contribution in [1.29, 1.82) is 0 Å². The molecule has 1 unspecified atom stereocenters. The van der Waals surface area contributed by atoms with Crippen LogP contribution in [0.5, 0.6) is 0 Å². The van der Waals surface area contributed by atoms with E-state index in [0.29, 0.717) is 18.4 Å². The molecule has 1 saturated heterocycles. The maximum Gasteiger partial charge on any atom is 0.253 e. The molecule has 1 aliphatic carbocycles. The number of ketones is 1. The van der Waals surface area contributed by atoms with Crippen LogP contribution in [0.15, 0.2) is 78.9 Å². The molecule has 4 aromatic carbocycles. The van der Waals surface area contributed by atoms with Gasteiger partial charge in [-0.05, 0) is 43.2 Å². The summed E-state index contributed by atoms with van der Waals surface area (Å²) in [5, 5.41) is 4.32. The first-order valence-electron chi connectivity index (χ1n) is 15.0. The maximum atomic E-state index is 13.9. The number of para-hydroxylation sites is 2. The number of aryl methyl sites for hydroxylation is 1. The minimum Gasteiger partial charge on any atom is -0.374 e. The molecule has 1 fully saturated rings. The highest BCUT2D eigenvalue weighted by atomic mass is 16.6. The van der Waals surface area contributed by atoms with Gasteiger partial charge in [0.1, 0.15) is 12.3 Å². The SMILES string of the molecule is CO[C@@H]1[C@H](N(C)C(=O)c2ccccc2)CC2O[C@]1(C)n1c3ccccc3c3c4c(c5c6ccccc6n2c5c31)C(=O)CC4. The van der Waals surface area contributed by atoms with Gasteiger partial charge in [-0.15, -0.1) is 0 Å². The number of amides is 1. The van der Waals surface area contributed by atoms with Gasteiger partial charge < -0.3 is 23.5 Å². The third-order valence-electron chi connectivity index (χ3n) is 10.3. The Balaban J connectivity index is 1.43. The fourth-order valence-electron chi connectivity index (χ4n) is 8.56. The van der Waals surface area contributed by atoms with Gasteiger partial charge in [-0.3, -0.25) is 9.59 Å². The number of fused-ring (bicyclic) bond motifs is 13. The van der Waals surface area contributed by atoms with Gasteiger partial charge in [-0.1, -0.05) is 54.6 Å². The van der Waals surface area contributed by atoms with Gasteiger partial charge in [0.05, 0.1) is 28.1 Å². The third-order valence-corrected chi connectivity index (χ3v) is 10.3. The summed E-state index contributed by atoms with van der Waals surface area (Å²) < 4.78 is 18.2. The van der Waals surface area contributed by atoms with Crippen molar-refractivity contribution in [2.75, 3.05) is 14.2 Å². The number of aromatic nitrogens is 2. The number of hydrogen-bond donors (Lipinski definition) is 0. The van der Waals surface area contributed by atoms with Crippen LogP contribution in [0.25, 0.3) is 43.6 Å². The van der Waals surface area contributed by atoms with Gasteiger partial charge in [0, 0.05) is 59.7 Å². The zero-order chi connectivity index (χ0) is 29.2. The summed E-state index contributed by atoms with van der Waals surface area (Å²) >= 11 is 0. The highest BCUT2D eigenvalue weighted by Gasteiger charge is 2.55. The maximum absolute atomic E-state index is 13.9. The first-order chi connectivity index (χ1) is 20.9. The largest absolute Gasteiger partial charge is 0.374 e. The van der Waals surface area contributed by atoms with Gasteiger partial charge in [-0.2, -0.15) is 0 Å². The molecular formula is C36H31N3O4. The molecule has 4 atom stereocenters. The molecule has 214 valence electrons. The van der Waals surface area contributed by atoms with Gasteiger partial charge in [0.15, 0.2) is 11.5 Å². The van der Waals surface area contributed by atoms with E-state index in [1.165, 1.54) is 0 Å². The fraction of sp³-hybridized carbons (Fsp3) is 0.278. The first kappa shape index (κ1) is 25.1. The Bertz CT molecular complexity index is 2180. The number of benzene rings is 4. The minimum absolute atomic E-state index is 0.0537. The molecule has 6 aromatic rings. The summed E-state index contributed by atoms with van der Waals surface area (Å²) in [4.78, 5) is 29.4. The number of likely N-dealkylation sites (N-methyl/N-ethyl adjacent to an activating group) is 1. The first-order valence-corrected chi connectivity index (χ1v) is 15.0. The van der Waals surface area contributed by atoms with E-state index >= 15 is 0 Å². The van der Waals surface area contributed by atoms with E-state index in [9.17, 15) is 9.59 Å². The molecule has 0 N–H and O–H groups in total. The van der Waals surface area contributed by atoms with Crippen molar-refractivity contribution < 1.29 is 19.1 Å². The second-order valence-corrected chi connectivity index (χ2v) is 12.3. The van der Waals surface area contributed by atoms with Crippen LogP contribution in [-0.4, -0.2) is 52.0 Å². The Morgan fingerprint density at radius 3 is 2.33 bits per heavy atom. The fourth-order valence-corrected chi connectivity index (χ4v) is 8.56. The molecule has 43 heavy (non-hydrogen) atoms. The van der Waals surface area contributed by atoms with E-state index < -0.39 is 18.1 Å². The molecule has 1 amide bonds. The number of rotatable bonds is 3. The lowest BCUT2D eigenvalue weighted by atomic mass is 9.91. The van der Waals surface area contributed by atoms with E-state index in [2.05, 4.69) is 52.5 Å². The highest BCUT2D eigenvalue weighted by Crippen LogP contribution is 2.54. The summed E-state index contributed by atoms with van der Waals surface area (Å²) in [6.45, 7) is 2.10. The van der Waals surface area contributed by atoms with Gasteiger partial charge in [-0.25, -0.2) is 0 Å². The number of carbonyl (C=O) groups excluding carboxylic acids is 2. The topological polar surface area (TPSA) is 65.7 Å². The molecule has 2 bridgehead atoms. The van der Waals surface area contributed by atoms with Crippen molar-refractivity contribution in [3.8, 4) is 0 Å². The summed E-state index contributed by atoms with van der Waals surface area (Å²) in [5.41, 5.74) is 5.84. The number of ether oxygens (including phenoxy) is 2. The van der Waals surface area contributed by atoms with Gasteiger partial charge in [0.25, 0.3) is 5.91 Å². The monoisotopic (exact) mass is 569 g/mol. The average molecular weight is 570 g/mol. The molecule has 0 saturated carbocycles. The van der Waals surface area contributed by atoms with Crippen LogP contribution in [-0.2, 0) is 21.6 Å². The lowest BCUT2D eigenvalue weighted by molar-refractivity contribution is -0.264. The zero-order valence-corrected chi connectivity index (χ0v) is 24.3. The molecule has 2 aromatic heterocycles. The predicted octanol–water partition coefficient (Wildman–Crippen LogP) is 6.79. The quantitative estimate of drug-likeness (QED) is 0.235. The summed E-state index contributed by atoms with van der Waals surface area (Å²) in [7, 11) is 3.59. The molecule has 9 rings (SSSR count). The molecule has 4 heterocycles. The third kappa shape index (κ3) is 3.01. The van der Waals surface area contributed by atoms with Crippen LogP contribution in [0.1, 0.15) is 52.3 Å². The second-order valence-electron chi connectivity index (χ2n) is 12.3. The second kappa shape index (κ2) is 8.56. The Morgan fingerprint density at radius 1 is 0.907 bits per heavy atom. The molecule has 2 aliphatic heterocycles. The molecular weight excluding hydrogens is 538 g/mol. The van der Waals surface area contributed by atoms with Crippen LogP contribution in [0.3, 0.4) is 0 Å². The van der Waals surface area contributed by atoms with E-state index in [4.69, 9.17) is 9.47 Å². The minimum atomic E-state index is -0.960. The van der Waals surface area contributed by atoms with E-state index in [0.717, 1.165) is 61.2 Å². The van der Waals surface area contributed by atoms with Gasteiger partial charge >= 0.3 is 0 Å². The van der Waals surface area contributed by atoms with Crippen LogP contribution in [0.2, 0.25) is 0 Å². The number of carbonyl (C=O) groups is 2. The van der Waals surface area contributed by atoms with Crippen molar-refractivity contribution in [2.24, 2.45) is 0 Å². The van der Waals surface area contributed by atoms with E-state index in [1.54, 1.807) is 7.11 Å². The Kier molecular flexibility index (Phi) is 4.99. The number of hydrogen-bond acceptors (Lipinski definition) is 4. The van der Waals surface area contributed by atoms with Crippen LogP contribution in [0, 0.1) is 0 Å².